The van der Waals surface area contributed by atoms with Crippen molar-refractivity contribution in [2.75, 3.05) is 6.61 Å². The molecule has 1 N–H and O–H groups in total. The van der Waals surface area contributed by atoms with Gasteiger partial charge < -0.3 is 10.1 Å². The maximum absolute atomic E-state index is 13.8. The number of carbonyl (C=O) groups is 1. The van der Waals surface area contributed by atoms with Gasteiger partial charge in [0.15, 0.2) is 18.2 Å². The van der Waals surface area contributed by atoms with Crippen LogP contribution in [0.15, 0.2) is 70.5 Å². The highest BCUT2D eigenvalue weighted by molar-refractivity contribution is 9.10. The van der Waals surface area contributed by atoms with Gasteiger partial charge in [0.1, 0.15) is 0 Å². The topological polar surface area (TPSA) is 38.3 Å². The lowest BCUT2D eigenvalue weighted by Crippen LogP contribution is -2.33. The Labute approximate surface area is 157 Å². The van der Waals surface area contributed by atoms with Crippen LogP contribution in [-0.2, 0) is 4.79 Å². The van der Waals surface area contributed by atoms with Crippen molar-refractivity contribution in [1.82, 2.24) is 5.32 Å². The number of ether oxygens (including phenoxy) is 1. The molecule has 1 heterocycles. The van der Waals surface area contributed by atoms with Crippen LogP contribution in [0.3, 0.4) is 0 Å². The highest BCUT2D eigenvalue weighted by Gasteiger charge is 2.18. The van der Waals surface area contributed by atoms with E-state index in [9.17, 15) is 9.18 Å². The first kappa shape index (κ1) is 17.6. The lowest BCUT2D eigenvalue weighted by Gasteiger charge is -2.18. The number of benzene rings is 2. The average molecular weight is 420 g/mol. The van der Waals surface area contributed by atoms with Crippen LogP contribution in [0.4, 0.5) is 4.39 Å². The summed E-state index contributed by atoms with van der Waals surface area (Å²) in [6, 6.07) is 17.8. The van der Waals surface area contributed by atoms with Crippen molar-refractivity contribution in [3.05, 3.63) is 86.8 Å². The third-order valence-corrected chi connectivity index (χ3v) is 4.95. The Morgan fingerprint density at radius 3 is 2.64 bits per heavy atom. The lowest BCUT2D eigenvalue weighted by atomic mass is 10.1. The van der Waals surface area contributed by atoms with Gasteiger partial charge in [-0.3, -0.25) is 4.79 Å². The molecule has 0 aliphatic carbocycles. The van der Waals surface area contributed by atoms with Gasteiger partial charge in [-0.2, -0.15) is 0 Å². The Kier molecular flexibility index (Phi) is 5.83. The van der Waals surface area contributed by atoms with Crippen LogP contribution in [0.25, 0.3) is 0 Å². The molecule has 3 rings (SSSR count). The standard InChI is InChI=1S/C19H15BrFNO2S/c20-14-8-9-16(15(21)11-14)24-12-18(23)22-19(17-7-4-10-25-17)13-5-2-1-3-6-13/h1-11,19H,12H2,(H,22,23). The Morgan fingerprint density at radius 2 is 1.96 bits per heavy atom. The van der Waals surface area contributed by atoms with Crippen LogP contribution in [0.1, 0.15) is 16.5 Å². The molecule has 25 heavy (non-hydrogen) atoms. The zero-order valence-electron chi connectivity index (χ0n) is 13.1. The van der Waals surface area contributed by atoms with E-state index in [2.05, 4.69) is 21.2 Å². The third kappa shape index (κ3) is 4.67. The summed E-state index contributed by atoms with van der Waals surface area (Å²) in [6.07, 6.45) is 0. The van der Waals surface area contributed by atoms with Crippen LogP contribution in [0.5, 0.6) is 5.75 Å². The van der Waals surface area contributed by atoms with E-state index >= 15 is 0 Å². The molecule has 3 aromatic rings. The number of hydrogen-bond donors (Lipinski definition) is 1. The van der Waals surface area contributed by atoms with Gasteiger partial charge in [0.25, 0.3) is 5.91 Å². The molecular weight excluding hydrogens is 405 g/mol. The summed E-state index contributed by atoms with van der Waals surface area (Å²) in [5.41, 5.74) is 0.980. The zero-order valence-corrected chi connectivity index (χ0v) is 15.5. The third-order valence-electron chi connectivity index (χ3n) is 3.52. The maximum atomic E-state index is 13.8. The molecule has 6 heteroatoms. The van der Waals surface area contributed by atoms with Gasteiger partial charge >= 0.3 is 0 Å². The number of thiophene rings is 1. The van der Waals surface area contributed by atoms with Crippen molar-refractivity contribution in [2.24, 2.45) is 0 Å². The summed E-state index contributed by atoms with van der Waals surface area (Å²) in [5, 5.41) is 4.91. The second kappa shape index (κ2) is 8.27. The molecule has 0 spiro atoms. The van der Waals surface area contributed by atoms with E-state index in [1.165, 1.54) is 12.1 Å². The van der Waals surface area contributed by atoms with E-state index in [0.29, 0.717) is 4.47 Å². The van der Waals surface area contributed by atoms with Gasteiger partial charge in [-0.1, -0.05) is 52.3 Å². The number of carbonyl (C=O) groups excluding carboxylic acids is 1. The van der Waals surface area contributed by atoms with E-state index in [-0.39, 0.29) is 24.3 Å². The van der Waals surface area contributed by atoms with Gasteiger partial charge in [0.2, 0.25) is 0 Å². The molecule has 128 valence electrons. The Morgan fingerprint density at radius 1 is 1.16 bits per heavy atom. The first-order chi connectivity index (χ1) is 12.1. The molecular formula is C19H15BrFNO2S. The van der Waals surface area contributed by atoms with E-state index in [0.717, 1.165) is 10.4 Å². The monoisotopic (exact) mass is 419 g/mol. The second-order valence-electron chi connectivity index (χ2n) is 5.29. The molecule has 2 aromatic carbocycles. The average Bonchev–Trinajstić information content (AvgIpc) is 3.14. The van der Waals surface area contributed by atoms with E-state index in [1.807, 2.05) is 47.8 Å². The summed E-state index contributed by atoms with van der Waals surface area (Å²) in [4.78, 5) is 13.3. The molecule has 0 saturated carbocycles. The zero-order chi connectivity index (χ0) is 17.6. The van der Waals surface area contributed by atoms with Crippen molar-refractivity contribution >= 4 is 33.2 Å². The number of nitrogens with one attached hydrogen (secondary N) is 1. The van der Waals surface area contributed by atoms with Crippen LogP contribution in [0.2, 0.25) is 0 Å². The first-order valence-electron chi connectivity index (χ1n) is 7.59. The smallest absolute Gasteiger partial charge is 0.258 e. The van der Waals surface area contributed by atoms with Crippen LogP contribution in [-0.4, -0.2) is 12.5 Å². The second-order valence-corrected chi connectivity index (χ2v) is 7.18. The highest BCUT2D eigenvalue weighted by atomic mass is 79.9. The fourth-order valence-corrected chi connectivity index (χ4v) is 3.49. The minimum atomic E-state index is -0.514. The van der Waals surface area contributed by atoms with Gasteiger partial charge in [0.05, 0.1) is 6.04 Å². The number of rotatable bonds is 6. The molecule has 3 nitrogen and oxygen atoms in total. The van der Waals surface area contributed by atoms with Crippen LogP contribution in [0, 0.1) is 5.82 Å². The molecule has 0 aliphatic rings. The summed E-state index contributed by atoms with van der Waals surface area (Å²) < 4.78 is 19.7. The maximum Gasteiger partial charge on any atom is 0.258 e. The largest absolute Gasteiger partial charge is 0.481 e. The van der Waals surface area contributed by atoms with Gasteiger partial charge in [-0.05, 0) is 35.2 Å². The fourth-order valence-electron chi connectivity index (χ4n) is 2.36. The Bertz CT molecular complexity index is 840. The molecule has 0 bridgehead atoms. The molecule has 0 aliphatic heterocycles. The Balaban J connectivity index is 1.68. The van der Waals surface area contributed by atoms with Crippen molar-refractivity contribution in [3.8, 4) is 5.75 Å². The normalized spacial score (nSPS) is 11.8. The van der Waals surface area contributed by atoms with Gasteiger partial charge in [0, 0.05) is 9.35 Å². The summed E-state index contributed by atoms with van der Waals surface area (Å²) >= 11 is 4.75. The molecule has 1 amide bonds. The van der Waals surface area contributed by atoms with E-state index in [4.69, 9.17) is 4.74 Å². The minimum Gasteiger partial charge on any atom is -0.481 e. The number of hydrogen-bond acceptors (Lipinski definition) is 3. The number of amides is 1. The van der Waals surface area contributed by atoms with Crippen LogP contribution < -0.4 is 10.1 Å². The van der Waals surface area contributed by atoms with Crippen molar-refractivity contribution < 1.29 is 13.9 Å². The molecule has 1 unspecified atom stereocenters. The lowest BCUT2D eigenvalue weighted by molar-refractivity contribution is -0.123. The summed E-state index contributed by atoms with van der Waals surface area (Å²) in [5.74, 6) is -0.782. The van der Waals surface area contributed by atoms with E-state index < -0.39 is 5.82 Å². The van der Waals surface area contributed by atoms with Gasteiger partial charge in [-0.15, -0.1) is 11.3 Å². The number of halogens is 2. The van der Waals surface area contributed by atoms with E-state index in [1.54, 1.807) is 17.4 Å². The highest BCUT2D eigenvalue weighted by Crippen LogP contribution is 2.26. The predicted molar refractivity (Wildman–Crippen MR) is 100 cm³/mol. The van der Waals surface area contributed by atoms with Crippen molar-refractivity contribution in [3.63, 3.8) is 0 Å². The SMILES string of the molecule is O=C(COc1ccc(Br)cc1F)NC(c1ccccc1)c1cccs1. The van der Waals surface area contributed by atoms with Gasteiger partial charge in [-0.25, -0.2) is 4.39 Å². The van der Waals surface area contributed by atoms with Crippen molar-refractivity contribution in [2.45, 2.75) is 6.04 Å². The molecule has 0 saturated heterocycles. The summed E-state index contributed by atoms with van der Waals surface area (Å²) in [6.45, 7) is -0.257. The molecule has 0 fully saturated rings. The first-order valence-corrected chi connectivity index (χ1v) is 9.26. The minimum absolute atomic E-state index is 0.0470. The fraction of sp³-hybridized carbons (Fsp3) is 0.105. The predicted octanol–water partition coefficient (Wildman–Crippen LogP) is 4.93. The molecule has 1 atom stereocenters. The molecule has 0 radical (unpaired) electrons. The van der Waals surface area contributed by atoms with Crippen molar-refractivity contribution in [1.29, 1.82) is 0 Å². The quantitative estimate of drug-likeness (QED) is 0.614. The summed E-state index contributed by atoms with van der Waals surface area (Å²) in [7, 11) is 0. The Hall–Kier alpha value is -2.18. The van der Waals surface area contributed by atoms with Crippen LogP contribution >= 0.6 is 27.3 Å². The molecule has 1 aromatic heterocycles.